The molecule has 4 rings (SSSR count). The van der Waals surface area contributed by atoms with Crippen LogP contribution in [0.15, 0.2) is 63.2 Å². The second-order valence-electron chi connectivity index (χ2n) is 9.08. The van der Waals surface area contributed by atoms with Crippen molar-refractivity contribution < 1.29 is 4.79 Å². The van der Waals surface area contributed by atoms with Gasteiger partial charge >= 0.3 is 5.69 Å². The molecule has 7 nitrogen and oxygen atoms in total. The van der Waals surface area contributed by atoms with Crippen molar-refractivity contribution in [3.63, 3.8) is 0 Å². The summed E-state index contributed by atoms with van der Waals surface area (Å²) in [5, 5.41) is 0. The molecule has 1 fully saturated rings. The third-order valence-corrected chi connectivity index (χ3v) is 6.55. The molecule has 174 valence electrons. The lowest BCUT2D eigenvalue weighted by Gasteiger charge is -2.25. The van der Waals surface area contributed by atoms with Gasteiger partial charge < -0.3 is 10.6 Å². The number of aromatic amines is 1. The second kappa shape index (κ2) is 10.1. The average Bonchev–Trinajstić information content (AvgIpc) is 3.65. The smallest absolute Gasteiger partial charge is 0.330 e. The number of nitrogens with one attached hydrogen (secondary N) is 1. The minimum atomic E-state index is -0.634. The maximum absolute atomic E-state index is 13.4. The highest BCUT2D eigenvalue weighted by molar-refractivity contribution is 6.03. The van der Waals surface area contributed by atoms with Crippen LogP contribution in [0.4, 0.5) is 11.5 Å². The van der Waals surface area contributed by atoms with Crippen molar-refractivity contribution in [3.8, 4) is 0 Å². The van der Waals surface area contributed by atoms with Crippen LogP contribution in [0, 0.1) is 5.92 Å². The fraction of sp³-hybridized carbons (Fsp3) is 0.423. The molecule has 1 aromatic heterocycles. The Balaban J connectivity index is 1.71. The van der Waals surface area contributed by atoms with Gasteiger partial charge in [0.05, 0.1) is 6.54 Å². The number of H-pyrrole nitrogens is 1. The first-order valence-corrected chi connectivity index (χ1v) is 11.8. The molecule has 2 aliphatic carbocycles. The van der Waals surface area contributed by atoms with E-state index in [9.17, 15) is 14.4 Å². The van der Waals surface area contributed by atoms with Crippen LogP contribution in [0.25, 0.3) is 0 Å². The van der Waals surface area contributed by atoms with Crippen LogP contribution in [0.5, 0.6) is 0 Å². The van der Waals surface area contributed by atoms with E-state index in [1.807, 2.05) is 37.3 Å². The van der Waals surface area contributed by atoms with E-state index < -0.39 is 11.2 Å². The van der Waals surface area contributed by atoms with Gasteiger partial charge in [0.15, 0.2) is 5.69 Å². The van der Waals surface area contributed by atoms with Gasteiger partial charge in [-0.05, 0) is 63.4 Å². The number of nitrogens with zero attached hydrogens (tertiary/aromatic N) is 2. The topological polar surface area (TPSA) is 101 Å². The number of benzene rings is 1. The number of hydrogen-bond acceptors (Lipinski definition) is 4. The molecule has 1 aromatic carbocycles. The van der Waals surface area contributed by atoms with E-state index in [1.54, 1.807) is 6.08 Å². The number of amides is 1. The lowest BCUT2D eigenvalue weighted by Crippen LogP contribution is -2.41. The van der Waals surface area contributed by atoms with Gasteiger partial charge in [-0.25, -0.2) is 4.79 Å². The van der Waals surface area contributed by atoms with Crippen LogP contribution in [-0.2, 0) is 11.3 Å². The molecule has 3 N–H and O–H groups in total. The molecule has 0 radical (unpaired) electrons. The molecule has 1 saturated carbocycles. The normalized spacial score (nSPS) is 16.4. The summed E-state index contributed by atoms with van der Waals surface area (Å²) in [6.07, 6.45) is 11.1. The van der Waals surface area contributed by atoms with E-state index in [0.29, 0.717) is 18.9 Å². The van der Waals surface area contributed by atoms with Crippen LogP contribution >= 0.6 is 0 Å². The van der Waals surface area contributed by atoms with Gasteiger partial charge in [0.25, 0.3) is 11.5 Å². The highest BCUT2D eigenvalue weighted by Crippen LogP contribution is 2.36. The minimum Gasteiger partial charge on any atom is -0.383 e. The van der Waals surface area contributed by atoms with Crippen LogP contribution in [0.2, 0.25) is 0 Å². The Labute approximate surface area is 193 Å². The van der Waals surface area contributed by atoms with Gasteiger partial charge in [-0.1, -0.05) is 47.6 Å². The van der Waals surface area contributed by atoms with Crippen molar-refractivity contribution in [2.45, 2.75) is 58.4 Å². The first-order valence-electron chi connectivity index (χ1n) is 11.8. The summed E-state index contributed by atoms with van der Waals surface area (Å²) in [5.41, 5.74) is 8.42. The number of nitrogens with two attached hydrogens (primary N) is 1. The molecule has 1 heterocycles. The summed E-state index contributed by atoms with van der Waals surface area (Å²) in [4.78, 5) is 42.7. The Morgan fingerprint density at radius 2 is 1.97 bits per heavy atom. The summed E-state index contributed by atoms with van der Waals surface area (Å²) < 4.78 is 1.32. The van der Waals surface area contributed by atoms with E-state index in [1.165, 1.54) is 21.5 Å². The number of allylic oxidation sites excluding steroid dienone is 2. The summed E-state index contributed by atoms with van der Waals surface area (Å²) in [6, 6.07) is 9.42. The lowest BCUT2D eigenvalue weighted by molar-refractivity contribution is -0.114. The number of aromatic nitrogens is 2. The predicted molar refractivity (Wildman–Crippen MR) is 131 cm³/mol. The third kappa shape index (κ3) is 5.53. The number of anilines is 2. The molecule has 0 aliphatic heterocycles. The zero-order valence-electron chi connectivity index (χ0n) is 19.2. The highest BCUT2D eigenvalue weighted by atomic mass is 16.2. The van der Waals surface area contributed by atoms with Crippen LogP contribution < -0.4 is 21.9 Å². The quantitative estimate of drug-likeness (QED) is 0.474. The van der Waals surface area contributed by atoms with Gasteiger partial charge in [0, 0.05) is 12.6 Å². The van der Waals surface area contributed by atoms with Crippen LogP contribution in [0.3, 0.4) is 0 Å². The first kappa shape index (κ1) is 22.8. The summed E-state index contributed by atoms with van der Waals surface area (Å²) >= 11 is 0. The molecule has 33 heavy (non-hydrogen) atoms. The number of carbonyl (C=O) groups is 1. The molecular formula is C26H32N4O3. The van der Waals surface area contributed by atoms with Gasteiger partial charge in [-0.15, -0.1) is 0 Å². The van der Waals surface area contributed by atoms with Crippen LogP contribution in [0.1, 0.15) is 57.4 Å². The third-order valence-electron chi connectivity index (χ3n) is 6.55. The molecule has 2 aromatic rings. The monoisotopic (exact) mass is 448 g/mol. The Morgan fingerprint density at radius 1 is 1.21 bits per heavy atom. The van der Waals surface area contributed by atoms with Gasteiger partial charge in [0.2, 0.25) is 0 Å². The van der Waals surface area contributed by atoms with Gasteiger partial charge in [-0.3, -0.25) is 19.1 Å². The van der Waals surface area contributed by atoms with Crippen molar-refractivity contribution >= 4 is 17.4 Å². The first-order chi connectivity index (χ1) is 15.9. The summed E-state index contributed by atoms with van der Waals surface area (Å²) in [7, 11) is 0. The molecular weight excluding hydrogens is 416 g/mol. The zero-order chi connectivity index (χ0) is 23.4. The van der Waals surface area contributed by atoms with E-state index in [0.717, 1.165) is 43.2 Å². The minimum absolute atomic E-state index is 0.0102. The number of hydrogen-bond donors (Lipinski definition) is 2. The van der Waals surface area contributed by atoms with Crippen molar-refractivity contribution in [3.05, 3.63) is 80.0 Å². The standard InChI is InChI=1S/C26H32N4O3/c1-18(21-12-13-21)16-22(31)29(15-14-19-8-4-2-5-9-19)23-24(27)30(26(33)28-25(23)32)17-20-10-6-3-7-11-20/h3,6-8,10-11,16,21H,2,4-5,9,12-15,17,27H2,1H3,(H,28,32,33). The maximum Gasteiger partial charge on any atom is 0.330 e. The largest absolute Gasteiger partial charge is 0.383 e. The van der Waals surface area contributed by atoms with Gasteiger partial charge in [-0.2, -0.15) is 0 Å². The Bertz CT molecular complexity index is 1190. The molecule has 7 heteroatoms. The summed E-state index contributed by atoms with van der Waals surface area (Å²) in [6.45, 7) is 2.51. The van der Waals surface area contributed by atoms with Crippen LogP contribution in [-0.4, -0.2) is 22.0 Å². The molecule has 1 amide bonds. The Kier molecular flexibility index (Phi) is 6.96. The molecule has 0 atom stereocenters. The molecule has 0 unspecified atom stereocenters. The fourth-order valence-corrected chi connectivity index (χ4v) is 4.41. The molecule has 0 saturated heterocycles. The zero-order valence-corrected chi connectivity index (χ0v) is 19.2. The lowest BCUT2D eigenvalue weighted by atomic mass is 9.97. The number of rotatable bonds is 8. The fourth-order valence-electron chi connectivity index (χ4n) is 4.41. The van der Waals surface area contributed by atoms with Crippen molar-refractivity contribution in [1.82, 2.24) is 9.55 Å². The average molecular weight is 449 g/mol. The van der Waals surface area contributed by atoms with Crippen molar-refractivity contribution in [2.24, 2.45) is 5.92 Å². The van der Waals surface area contributed by atoms with E-state index in [4.69, 9.17) is 5.73 Å². The van der Waals surface area contributed by atoms with Crippen molar-refractivity contribution in [2.75, 3.05) is 17.2 Å². The molecule has 0 spiro atoms. The molecule has 0 bridgehead atoms. The Morgan fingerprint density at radius 3 is 2.64 bits per heavy atom. The van der Waals surface area contributed by atoms with E-state index >= 15 is 0 Å². The van der Waals surface area contributed by atoms with E-state index in [-0.39, 0.29) is 24.0 Å². The number of carbonyl (C=O) groups excluding carboxylic acids is 1. The van der Waals surface area contributed by atoms with Gasteiger partial charge in [0.1, 0.15) is 5.82 Å². The summed E-state index contributed by atoms with van der Waals surface area (Å²) in [5.74, 6) is 0.188. The second-order valence-corrected chi connectivity index (χ2v) is 9.08. The predicted octanol–water partition coefficient (Wildman–Crippen LogP) is 3.75. The Hall–Kier alpha value is -3.35. The number of nitrogen functional groups attached to an aromatic ring is 1. The molecule has 2 aliphatic rings. The van der Waals surface area contributed by atoms with E-state index in [2.05, 4.69) is 11.1 Å². The SMILES string of the molecule is CC(=CC(=O)N(CCC1=CCCCC1)c1c(N)n(Cc2ccccc2)c(=O)[nH]c1=O)C1CC1. The maximum atomic E-state index is 13.4. The van der Waals surface area contributed by atoms with Crippen molar-refractivity contribution in [1.29, 1.82) is 0 Å². The highest BCUT2D eigenvalue weighted by Gasteiger charge is 2.27.